The van der Waals surface area contributed by atoms with Gasteiger partial charge in [0.1, 0.15) is 5.52 Å². The minimum absolute atomic E-state index is 0.0984. The van der Waals surface area contributed by atoms with Gasteiger partial charge >= 0.3 is 0 Å². The summed E-state index contributed by atoms with van der Waals surface area (Å²) in [6.07, 6.45) is 9.44. The molecule has 6 nitrogen and oxygen atoms in total. The lowest BCUT2D eigenvalue weighted by atomic mass is 9.91. The Kier molecular flexibility index (Phi) is 5.28. The maximum Gasteiger partial charge on any atom is 0.261 e. The Bertz CT molecular complexity index is 1320. The molecule has 1 aliphatic carbocycles. The molecular weight excluding hydrogens is 400 g/mol. The smallest absolute Gasteiger partial charge is 0.261 e. The van der Waals surface area contributed by atoms with Crippen LogP contribution in [0.2, 0.25) is 0 Å². The van der Waals surface area contributed by atoms with Gasteiger partial charge in [-0.2, -0.15) is 5.26 Å². The molecule has 3 aromatic rings. The largest absolute Gasteiger partial charge is 0.391 e. The molecule has 1 aliphatic heterocycles. The number of fused-ring (bicyclic) bond motifs is 3. The molecule has 2 aromatic carbocycles. The van der Waals surface area contributed by atoms with E-state index in [-0.39, 0.29) is 11.6 Å². The highest BCUT2D eigenvalue weighted by Gasteiger charge is 2.27. The molecule has 1 N–H and O–H groups in total. The molecule has 162 valence electrons. The minimum atomic E-state index is -0.517. The first-order chi connectivity index (χ1) is 15.6. The number of hydrogen-bond acceptors (Lipinski definition) is 5. The summed E-state index contributed by atoms with van der Waals surface area (Å²) < 4.78 is 1.64. The number of nitriles is 1. The molecule has 0 spiro atoms. The van der Waals surface area contributed by atoms with Crippen molar-refractivity contribution in [1.29, 1.82) is 5.26 Å². The van der Waals surface area contributed by atoms with E-state index in [0.717, 1.165) is 48.2 Å². The van der Waals surface area contributed by atoms with Crippen molar-refractivity contribution < 1.29 is 5.11 Å². The van der Waals surface area contributed by atoms with Crippen LogP contribution in [0.4, 0.5) is 5.69 Å². The molecule has 1 aromatic heterocycles. The van der Waals surface area contributed by atoms with Gasteiger partial charge in [-0.15, -0.1) is 0 Å². The summed E-state index contributed by atoms with van der Waals surface area (Å²) in [5.41, 5.74) is 5.32. The van der Waals surface area contributed by atoms with Crippen LogP contribution in [-0.2, 0) is 6.42 Å². The van der Waals surface area contributed by atoms with Gasteiger partial charge in [0.25, 0.3) is 5.56 Å². The molecule has 5 rings (SSSR count). The highest BCUT2D eigenvalue weighted by atomic mass is 16.3. The minimum Gasteiger partial charge on any atom is -0.391 e. The van der Waals surface area contributed by atoms with Gasteiger partial charge in [0.15, 0.2) is 0 Å². The fourth-order valence-electron chi connectivity index (χ4n) is 5.09. The van der Waals surface area contributed by atoms with Crippen LogP contribution in [0.25, 0.3) is 17.0 Å². The number of anilines is 1. The molecule has 2 atom stereocenters. The quantitative estimate of drug-likeness (QED) is 0.689. The Labute approximate surface area is 187 Å². The summed E-state index contributed by atoms with van der Waals surface area (Å²) >= 11 is 0. The highest BCUT2D eigenvalue weighted by molar-refractivity contribution is 5.97. The van der Waals surface area contributed by atoms with Crippen LogP contribution < -0.4 is 10.5 Å². The standard InChI is InChI=1S/C26H26N4O2/c1-29-11-5-8-20-19(13-17-6-4-7-18(12-17)15-27)14-21-24(25(20)29)28-16-30(26(21)32)22-9-2-3-10-23(22)31/h4-8,12,14,16,22-23,31H,2-3,9-11,13H2,1H3. The maximum atomic E-state index is 13.6. The summed E-state index contributed by atoms with van der Waals surface area (Å²) in [4.78, 5) is 20.5. The van der Waals surface area contributed by atoms with Crippen molar-refractivity contribution in [3.63, 3.8) is 0 Å². The van der Waals surface area contributed by atoms with Gasteiger partial charge in [0.05, 0.1) is 41.2 Å². The van der Waals surface area contributed by atoms with E-state index in [1.807, 2.05) is 31.3 Å². The predicted octanol–water partition coefficient (Wildman–Crippen LogP) is 3.80. The Hall–Kier alpha value is -3.43. The van der Waals surface area contributed by atoms with Gasteiger partial charge < -0.3 is 10.0 Å². The molecule has 2 unspecified atom stereocenters. The molecule has 0 amide bonds. The average molecular weight is 427 g/mol. The van der Waals surface area contributed by atoms with E-state index in [1.165, 1.54) is 0 Å². The Balaban J connectivity index is 1.70. The molecule has 0 bridgehead atoms. The van der Waals surface area contributed by atoms with Gasteiger partial charge in [-0.1, -0.05) is 37.1 Å². The van der Waals surface area contributed by atoms with Crippen LogP contribution in [0.3, 0.4) is 0 Å². The van der Waals surface area contributed by atoms with E-state index in [1.54, 1.807) is 17.0 Å². The third-order valence-electron chi connectivity index (χ3n) is 6.72. The zero-order valence-corrected chi connectivity index (χ0v) is 18.2. The third kappa shape index (κ3) is 3.49. The molecule has 1 fully saturated rings. The zero-order valence-electron chi connectivity index (χ0n) is 18.2. The number of nitrogens with zero attached hydrogens (tertiary/aromatic N) is 4. The van der Waals surface area contributed by atoms with Crippen molar-refractivity contribution in [2.75, 3.05) is 18.5 Å². The van der Waals surface area contributed by atoms with Gasteiger partial charge in [-0.3, -0.25) is 9.36 Å². The second kappa shape index (κ2) is 8.25. The van der Waals surface area contributed by atoms with Gasteiger partial charge in [0.2, 0.25) is 0 Å². The molecule has 2 aliphatic rings. The van der Waals surface area contributed by atoms with E-state index in [0.29, 0.717) is 29.3 Å². The van der Waals surface area contributed by atoms with E-state index < -0.39 is 6.10 Å². The zero-order chi connectivity index (χ0) is 22.2. The first-order valence-electron chi connectivity index (χ1n) is 11.2. The number of rotatable bonds is 3. The Morgan fingerprint density at radius 2 is 2.09 bits per heavy atom. The lowest BCUT2D eigenvalue weighted by Crippen LogP contribution is -2.35. The molecule has 0 saturated heterocycles. The first kappa shape index (κ1) is 20.5. The molecule has 0 radical (unpaired) electrons. The van der Waals surface area contributed by atoms with E-state index in [2.05, 4.69) is 23.1 Å². The summed E-state index contributed by atoms with van der Waals surface area (Å²) in [5.74, 6) is 0. The van der Waals surface area contributed by atoms with Crippen molar-refractivity contribution in [3.05, 3.63) is 75.3 Å². The summed E-state index contributed by atoms with van der Waals surface area (Å²) in [6, 6.07) is 11.5. The summed E-state index contributed by atoms with van der Waals surface area (Å²) in [6.45, 7) is 0.752. The van der Waals surface area contributed by atoms with Crippen LogP contribution in [0.1, 0.15) is 54.0 Å². The SMILES string of the molecule is CN1CC=Cc2c(Cc3cccc(C#N)c3)cc3c(=O)n(C4CCCCC4O)cnc3c21. The molecule has 6 heteroatoms. The van der Waals surface area contributed by atoms with Crippen molar-refractivity contribution in [1.82, 2.24) is 9.55 Å². The van der Waals surface area contributed by atoms with Crippen LogP contribution >= 0.6 is 0 Å². The highest BCUT2D eigenvalue weighted by Crippen LogP contribution is 2.36. The molecule has 1 saturated carbocycles. The van der Waals surface area contributed by atoms with Gasteiger partial charge in [-0.05, 0) is 48.6 Å². The molecule has 2 heterocycles. The van der Waals surface area contributed by atoms with Gasteiger partial charge in [-0.25, -0.2) is 4.98 Å². The number of aliphatic hydroxyl groups is 1. The fraction of sp³-hybridized carbons (Fsp3) is 0.346. The predicted molar refractivity (Wildman–Crippen MR) is 126 cm³/mol. The summed E-state index contributed by atoms with van der Waals surface area (Å²) in [5, 5.41) is 20.4. The average Bonchev–Trinajstić information content (AvgIpc) is 2.81. The lowest BCUT2D eigenvalue weighted by Gasteiger charge is -2.30. The van der Waals surface area contributed by atoms with Gasteiger partial charge in [0, 0.05) is 19.2 Å². The van der Waals surface area contributed by atoms with Crippen LogP contribution in [-0.4, -0.2) is 34.4 Å². The number of aliphatic hydroxyl groups excluding tert-OH is 1. The topological polar surface area (TPSA) is 82.2 Å². The molecular formula is C26H26N4O2. The van der Waals surface area contributed by atoms with E-state index in [4.69, 9.17) is 4.98 Å². The lowest BCUT2D eigenvalue weighted by molar-refractivity contribution is 0.0735. The number of hydrogen-bond donors (Lipinski definition) is 1. The Morgan fingerprint density at radius 1 is 1.25 bits per heavy atom. The third-order valence-corrected chi connectivity index (χ3v) is 6.72. The normalized spacial score (nSPS) is 20.2. The number of likely N-dealkylation sites (N-methyl/N-ethyl adjacent to an activating group) is 1. The van der Waals surface area contributed by atoms with Crippen LogP contribution in [0.15, 0.2) is 47.5 Å². The first-order valence-corrected chi connectivity index (χ1v) is 11.2. The number of aromatic nitrogens is 2. The van der Waals surface area contributed by atoms with Crippen molar-refractivity contribution >= 4 is 22.7 Å². The molecule has 32 heavy (non-hydrogen) atoms. The van der Waals surface area contributed by atoms with Crippen molar-refractivity contribution in [2.24, 2.45) is 0 Å². The fourth-order valence-corrected chi connectivity index (χ4v) is 5.09. The maximum absolute atomic E-state index is 13.6. The monoisotopic (exact) mass is 426 g/mol. The van der Waals surface area contributed by atoms with Crippen LogP contribution in [0, 0.1) is 11.3 Å². The Morgan fingerprint density at radius 3 is 2.91 bits per heavy atom. The van der Waals surface area contributed by atoms with E-state index in [9.17, 15) is 15.2 Å². The number of benzene rings is 2. The second-order valence-corrected chi connectivity index (χ2v) is 8.84. The van der Waals surface area contributed by atoms with Crippen LogP contribution in [0.5, 0.6) is 0 Å². The van der Waals surface area contributed by atoms with E-state index >= 15 is 0 Å². The van der Waals surface area contributed by atoms with Crippen molar-refractivity contribution in [2.45, 2.75) is 44.2 Å². The second-order valence-electron chi connectivity index (χ2n) is 8.84. The van der Waals surface area contributed by atoms with Crippen molar-refractivity contribution in [3.8, 4) is 6.07 Å². The summed E-state index contributed by atoms with van der Waals surface area (Å²) in [7, 11) is 2.01.